The lowest BCUT2D eigenvalue weighted by Gasteiger charge is -2.16. The van der Waals surface area contributed by atoms with Gasteiger partial charge in [0.2, 0.25) is 0 Å². The van der Waals surface area contributed by atoms with Gasteiger partial charge in [-0.05, 0) is 49.7 Å². The predicted molar refractivity (Wildman–Crippen MR) is 102 cm³/mol. The van der Waals surface area contributed by atoms with Crippen LogP contribution in [0.1, 0.15) is 41.5 Å². The largest absolute Gasteiger partial charge is 0.283 e. The average molecular weight is 460 g/mol. The Morgan fingerprint density at radius 3 is 2.59 bits per heavy atom. The number of nitrogens with one attached hydrogen (secondary N) is 1. The molecule has 0 aliphatic carbocycles. The van der Waals surface area contributed by atoms with E-state index < -0.39 is 29.6 Å². The van der Waals surface area contributed by atoms with Gasteiger partial charge in [-0.2, -0.15) is 5.10 Å². The van der Waals surface area contributed by atoms with Crippen molar-refractivity contribution in [1.82, 2.24) is 19.4 Å². The summed E-state index contributed by atoms with van der Waals surface area (Å²) in [6.07, 6.45) is -2.77. The van der Waals surface area contributed by atoms with Crippen molar-refractivity contribution >= 4 is 43.4 Å². The maximum absolute atomic E-state index is 13.0. The second kappa shape index (κ2) is 7.12. The van der Waals surface area contributed by atoms with Crippen LogP contribution >= 0.6 is 27.3 Å². The molecule has 0 aliphatic heterocycles. The van der Waals surface area contributed by atoms with Crippen molar-refractivity contribution in [2.24, 2.45) is 0 Å². The van der Waals surface area contributed by atoms with E-state index in [1.165, 1.54) is 22.9 Å². The summed E-state index contributed by atoms with van der Waals surface area (Å²) < 4.78 is 28.5. The van der Waals surface area contributed by atoms with Crippen molar-refractivity contribution in [2.45, 2.75) is 40.2 Å². The molecule has 3 heterocycles. The smallest absolute Gasteiger partial charge is 0.271 e. The minimum absolute atomic E-state index is 0.155. The molecule has 0 saturated heterocycles. The Morgan fingerprint density at radius 2 is 2.00 bits per heavy atom. The maximum atomic E-state index is 13.0. The number of aryl methyl sites for hydroxylation is 2. The molecule has 11 heteroatoms. The SMILES string of the molecule is Cc1cc2c(=O)n(NC(=O)[C@H](C)n3nc(C(F)F)c(Br)c3C)c(C)nc2s1. The average Bonchev–Trinajstić information content (AvgIpc) is 3.11. The number of carbonyl (C=O) groups excluding carboxylic acids is 1. The van der Waals surface area contributed by atoms with Crippen LogP contribution in [0.5, 0.6) is 0 Å². The molecule has 0 aliphatic rings. The molecule has 3 aromatic rings. The Labute approximate surface area is 165 Å². The van der Waals surface area contributed by atoms with Gasteiger partial charge in [-0.15, -0.1) is 11.3 Å². The fourth-order valence-electron chi connectivity index (χ4n) is 2.69. The zero-order chi connectivity index (χ0) is 20.0. The minimum Gasteiger partial charge on any atom is -0.271 e. The first kappa shape index (κ1) is 19.6. The van der Waals surface area contributed by atoms with Gasteiger partial charge in [0.25, 0.3) is 17.9 Å². The number of halogens is 3. The Morgan fingerprint density at radius 1 is 1.33 bits per heavy atom. The summed E-state index contributed by atoms with van der Waals surface area (Å²) in [7, 11) is 0. The number of nitrogens with zero attached hydrogens (tertiary/aromatic N) is 4. The van der Waals surface area contributed by atoms with E-state index in [-0.39, 0.29) is 4.47 Å². The summed E-state index contributed by atoms with van der Waals surface area (Å²) in [5, 5.41) is 4.24. The van der Waals surface area contributed by atoms with Crippen LogP contribution < -0.4 is 11.0 Å². The first-order chi connectivity index (χ1) is 12.6. The minimum atomic E-state index is -2.77. The highest BCUT2D eigenvalue weighted by Crippen LogP contribution is 2.30. The second-order valence-corrected chi connectivity index (χ2v) is 8.09. The highest BCUT2D eigenvalue weighted by Gasteiger charge is 2.26. The molecule has 3 rings (SSSR count). The predicted octanol–water partition coefficient (Wildman–Crippen LogP) is 3.61. The van der Waals surface area contributed by atoms with E-state index in [0.717, 1.165) is 9.55 Å². The number of rotatable bonds is 4. The van der Waals surface area contributed by atoms with Crippen molar-refractivity contribution in [2.75, 3.05) is 5.43 Å². The molecule has 0 unspecified atom stereocenters. The number of hydrogen-bond donors (Lipinski definition) is 1. The van der Waals surface area contributed by atoms with Crippen LogP contribution in [0.2, 0.25) is 0 Å². The molecule has 7 nitrogen and oxygen atoms in total. The molecular weight excluding hydrogens is 444 g/mol. The highest BCUT2D eigenvalue weighted by molar-refractivity contribution is 9.10. The molecule has 0 fully saturated rings. The van der Waals surface area contributed by atoms with Crippen molar-refractivity contribution < 1.29 is 13.6 Å². The molecular formula is C16H16BrF2N5O2S. The number of hydrogen-bond acceptors (Lipinski definition) is 5. The van der Waals surface area contributed by atoms with Gasteiger partial charge >= 0.3 is 0 Å². The summed E-state index contributed by atoms with van der Waals surface area (Å²) >= 11 is 4.47. The number of aromatic nitrogens is 4. The zero-order valence-electron chi connectivity index (χ0n) is 14.9. The molecule has 0 spiro atoms. The van der Waals surface area contributed by atoms with E-state index in [2.05, 4.69) is 31.4 Å². The Kier molecular flexibility index (Phi) is 5.17. The van der Waals surface area contributed by atoms with E-state index in [1.807, 2.05) is 6.92 Å². The van der Waals surface area contributed by atoms with Crippen LogP contribution in [0.3, 0.4) is 0 Å². The molecule has 3 aromatic heterocycles. The Bertz CT molecular complexity index is 1100. The van der Waals surface area contributed by atoms with Crippen LogP contribution in [0, 0.1) is 20.8 Å². The van der Waals surface area contributed by atoms with Gasteiger partial charge in [-0.3, -0.25) is 19.7 Å². The Hall–Kier alpha value is -2.14. The lowest BCUT2D eigenvalue weighted by molar-refractivity contribution is -0.120. The van der Waals surface area contributed by atoms with E-state index in [1.54, 1.807) is 19.9 Å². The van der Waals surface area contributed by atoms with E-state index >= 15 is 0 Å². The maximum Gasteiger partial charge on any atom is 0.283 e. The van der Waals surface area contributed by atoms with Gasteiger partial charge in [-0.25, -0.2) is 18.4 Å². The van der Waals surface area contributed by atoms with Crippen LogP contribution in [0.15, 0.2) is 15.3 Å². The normalized spacial score (nSPS) is 12.7. The van der Waals surface area contributed by atoms with Gasteiger partial charge in [0.15, 0.2) is 0 Å². The fraction of sp³-hybridized carbons (Fsp3) is 0.375. The molecule has 1 amide bonds. The van der Waals surface area contributed by atoms with Crippen molar-refractivity contribution in [3.05, 3.63) is 43.0 Å². The Balaban J connectivity index is 1.95. The molecule has 0 bridgehead atoms. The third-order valence-corrected chi connectivity index (χ3v) is 6.06. The van der Waals surface area contributed by atoms with Crippen LogP contribution in [0.4, 0.5) is 8.78 Å². The van der Waals surface area contributed by atoms with Gasteiger partial charge < -0.3 is 0 Å². The van der Waals surface area contributed by atoms with Crippen LogP contribution in [-0.4, -0.2) is 25.3 Å². The van der Waals surface area contributed by atoms with E-state index in [4.69, 9.17) is 0 Å². The molecule has 0 aromatic carbocycles. The van der Waals surface area contributed by atoms with Crippen molar-refractivity contribution in [3.8, 4) is 0 Å². The number of alkyl halides is 2. The topological polar surface area (TPSA) is 81.8 Å². The van der Waals surface area contributed by atoms with Gasteiger partial charge in [0.05, 0.1) is 15.6 Å². The molecule has 144 valence electrons. The van der Waals surface area contributed by atoms with Crippen LogP contribution in [-0.2, 0) is 4.79 Å². The van der Waals surface area contributed by atoms with Crippen LogP contribution in [0.25, 0.3) is 10.2 Å². The monoisotopic (exact) mass is 459 g/mol. The summed E-state index contributed by atoms with van der Waals surface area (Å²) in [6, 6.07) is 0.796. The molecule has 1 atom stereocenters. The van der Waals surface area contributed by atoms with E-state index in [9.17, 15) is 18.4 Å². The number of amides is 1. The quantitative estimate of drug-likeness (QED) is 0.645. The summed E-state index contributed by atoms with van der Waals surface area (Å²) in [4.78, 5) is 31.2. The third-order valence-electron chi connectivity index (χ3n) is 4.13. The summed E-state index contributed by atoms with van der Waals surface area (Å²) in [5.74, 6) is -0.256. The molecule has 27 heavy (non-hydrogen) atoms. The molecule has 0 saturated carbocycles. The number of thiophene rings is 1. The van der Waals surface area contributed by atoms with Gasteiger partial charge in [-0.1, -0.05) is 0 Å². The number of carbonyl (C=O) groups is 1. The lowest BCUT2D eigenvalue weighted by Crippen LogP contribution is -2.38. The van der Waals surface area contributed by atoms with Crippen molar-refractivity contribution in [3.63, 3.8) is 0 Å². The second-order valence-electron chi connectivity index (χ2n) is 6.06. The lowest BCUT2D eigenvalue weighted by atomic mass is 10.3. The first-order valence-corrected chi connectivity index (χ1v) is 9.56. The van der Waals surface area contributed by atoms with E-state index in [0.29, 0.717) is 21.7 Å². The fourth-order valence-corrected chi connectivity index (χ4v) is 4.04. The summed E-state index contributed by atoms with van der Waals surface area (Å²) in [5.41, 5.74) is 2.07. The zero-order valence-corrected chi connectivity index (χ0v) is 17.3. The molecule has 1 N–H and O–H groups in total. The standard InChI is InChI=1S/C16H16BrF2N5O2S/c1-6-5-10-15(27-6)20-9(4)24(16(10)26)22-14(25)8(3)23-7(2)11(17)12(21-23)13(18)19/h5,8,13H,1-4H3,(H,22,25)/t8-/m0/s1. The van der Waals surface area contributed by atoms with Gasteiger partial charge in [0, 0.05) is 4.88 Å². The highest BCUT2D eigenvalue weighted by atomic mass is 79.9. The third kappa shape index (κ3) is 3.41. The van der Waals surface area contributed by atoms with Crippen molar-refractivity contribution in [1.29, 1.82) is 0 Å². The number of fused-ring (bicyclic) bond motifs is 1. The molecule has 0 radical (unpaired) electrons. The first-order valence-electron chi connectivity index (χ1n) is 7.95. The van der Waals surface area contributed by atoms with Gasteiger partial charge in [0.1, 0.15) is 22.4 Å². The summed E-state index contributed by atoms with van der Waals surface area (Å²) in [6.45, 7) is 6.56.